The summed E-state index contributed by atoms with van der Waals surface area (Å²) in [7, 11) is 0. The lowest BCUT2D eigenvalue weighted by Crippen LogP contribution is -2.37. The standard InChI is InChI=1S/C15H20N4O/c1-15(2,11-16)14(20)18-13-8-17-19(10-13)9-12-6-4-3-5-7-12/h3-8,10H,9,11,16H2,1-2H3,(H,18,20). The van der Waals surface area contributed by atoms with Gasteiger partial charge >= 0.3 is 0 Å². The van der Waals surface area contributed by atoms with Gasteiger partial charge < -0.3 is 11.1 Å². The van der Waals surface area contributed by atoms with Crippen molar-refractivity contribution in [2.45, 2.75) is 20.4 Å². The number of carbonyl (C=O) groups is 1. The van der Waals surface area contributed by atoms with Crippen LogP contribution in [0.4, 0.5) is 5.69 Å². The first kappa shape index (κ1) is 14.3. The van der Waals surface area contributed by atoms with Crippen LogP contribution in [0.25, 0.3) is 0 Å². The largest absolute Gasteiger partial charge is 0.329 e. The van der Waals surface area contributed by atoms with Crippen molar-refractivity contribution < 1.29 is 4.79 Å². The van der Waals surface area contributed by atoms with Crippen molar-refractivity contribution in [2.75, 3.05) is 11.9 Å². The number of hydrogen-bond donors (Lipinski definition) is 2. The molecule has 2 aromatic rings. The van der Waals surface area contributed by atoms with Crippen molar-refractivity contribution in [3.05, 3.63) is 48.3 Å². The highest BCUT2D eigenvalue weighted by molar-refractivity contribution is 5.94. The molecule has 0 aliphatic rings. The number of anilines is 1. The van der Waals surface area contributed by atoms with Gasteiger partial charge in [-0.05, 0) is 19.4 Å². The van der Waals surface area contributed by atoms with Crippen LogP contribution in [0, 0.1) is 5.41 Å². The second-order valence-corrected chi connectivity index (χ2v) is 5.45. The quantitative estimate of drug-likeness (QED) is 0.872. The summed E-state index contributed by atoms with van der Waals surface area (Å²) in [5.74, 6) is -0.0979. The van der Waals surface area contributed by atoms with Gasteiger partial charge in [-0.1, -0.05) is 30.3 Å². The molecule has 0 saturated carbocycles. The van der Waals surface area contributed by atoms with E-state index in [2.05, 4.69) is 10.4 Å². The predicted molar refractivity (Wildman–Crippen MR) is 79.2 cm³/mol. The molecule has 0 radical (unpaired) electrons. The number of carbonyl (C=O) groups excluding carboxylic acids is 1. The minimum Gasteiger partial charge on any atom is -0.329 e. The van der Waals surface area contributed by atoms with Gasteiger partial charge in [0.05, 0.1) is 23.8 Å². The lowest BCUT2D eigenvalue weighted by Gasteiger charge is -2.20. The van der Waals surface area contributed by atoms with E-state index in [0.717, 1.165) is 5.56 Å². The third-order valence-corrected chi connectivity index (χ3v) is 3.20. The van der Waals surface area contributed by atoms with Crippen molar-refractivity contribution in [3.63, 3.8) is 0 Å². The Kier molecular flexibility index (Phi) is 4.20. The second kappa shape index (κ2) is 5.88. The Morgan fingerprint density at radius 1 is 1.35 bits per heavy atom. The molecule has 0 saturated heterocycles. The van der Waals surface area contributed by atoms with Gasteiger partial charge in [0.2, 0.25) is 5.91 Å². The van der Waals surface area contributed by atoms with E-state index in [1.807, 2.05) is 50.4 Å². The van der Waals surface area contributed by atoms with E-state index in [0.29, 0.717) is 18.8 Å². The summed E-state index contributed by atoms with van der Waals surface area (Å²) in [6.07, 6.45) is 3.46. The van der Waals surface area contributed by atoms with Crippen LogP contribution in [-0.4, -0.2) is 22.2 Å². The molecule has 5 nitrogen and oxygen atoms in total. The molecule has 0 atom stereocenters. The maximum atomic E-state index is 12.0. The molecule has 0 bridgehead atoms. The molecular formula is C15H20N4O. The van der Waals surface area contributed by atoms with E-state index in [1.54, 1.807) is 10.9 Å². The van der Waals surface area contributed by atoms with E-state index in [-0.39, 0.29) is 5.91 Å². The number of hydrogen-bond acceptors (Lipinski definition) is 3. The molecule has 0 aliphatic heterocycles. The van der Waals surface area contributed by atoms with Crippen LogP contribution in [0.5, 0.6) is 0 Å². The third kappa shape index (κ3) is 3.45. The van der Waals surface area contributed by atoms with Crippen LogP contribution >= 0.6 is 0 Å². The summed E-state index contributed by atoms with van der Waals surface area (Å²) >= 11 is 0. The fourth-order valence-corrected chi connectivity index (χ4v) is 1.68. The van der Waals surface area contributed by atoms with E-state index >= 15 is 0 Å². The normalized spacial score (nSPS) is 11.3. The van der Waals surface area contributed by atoms with Crippen LogP contribution in [0.1, 0.15) is 19.4 Å². The van der Waals surface area contributed by atoms with Crippen LogP contribution in [-0.2, 0) is 11.3 Å². The van der Waals surface area contributed by atoms with Crippen molar-refractivity contribution in [1.29, 1.82) is 0 Å². The van der Waals surface area contributed by atoms with Gasteiger partial charge in [0.15, 0.2) is 0 Å². The van der Waals surface area contributed by atoms with Crippen LogP contribution < -0.4 is 11.1 Å². The predicted octanol–water partition coefficient (Wildman–Crippen LogP) is 1.85. The molecular weight excluding hydrogens is 252 g/mol. The van der Waals surface area contributed by atoms with Gasteiger partial charge in [-0.3, -0.25) is 9.48 Å². The fraction of sp³-hybridized carbons (Fsp3) is 0.333. The molecule has 5 heteroatoms. The summed E-state index contributed by atoms with van der Waals surface area (Å²) in [4.78, 5) is 12.0. The summed E-state index contributed by atoms with van der Waals surface area (Å²) in [6, 6.07) is 10.0. The smallest absolute Gasteiger partial charge is 0.231 e. The topological polar surface area (TPSA) is 72.9 Å². The van der Waals surface area contributed by atoms with Crippen molar-refractivity contribution in [3.8, 4) is 0 Å². The molecule has 1 amide bonds. The first-order valence-electron chi connectivity index (χ1n) is 6.59. The first-order chi connectivity index (χ1) is 9.51. The lowest BCUT2D eigenvalue weighted by molar-refractivity contribution is -0.123. The molecule has 0 unspecified atom stereocenters. The summed E-state index contributed by atoms with van der Waals surface area (Å²) in [6.45, 7) is 4.61. The van der Waals surface area contributed by atoms with Gasteiger partial charge in [0.1, 0.15) is 0 Å². The van der Waals surface area contributed by atoms with Gasteiger partial charge in [0, 0.05) is 12.7 Å². The highest BCUT2D eigenvalue weighted by Gasteiger charge is 2.25. The number of amides is 1. The zero-order valence-electron chi connectivity index (χ0n) is 11.8. The molecule has 2 rings (SSSR count). The SMILES string of the molecule is CC(C)(CN)C(=O)Nc1cnn(Cc2ccccc2)c1. The number of rotatable bonds is 5. The molecule has 20 heavy (non-hydrogen) atoms. The summed E-state index contributed by atoms with van der Waals surface area (Å²) < 4.78 is 1.79. The van der Waals surface area contributed by atoms with Crippen LogP contribution in [0.2, 0.25) is 0 Å². The van der Waals surface area contributed by atoms with E-state index < -0.39 is 5.41 Å². The zero-order chi connectivity index (χ0) is 14.6. The van der Waals surface area contributed by atoms with Crippen molar-refractivity contribution in [2.24, 2.45) is 11.1 Å². The lowest BCUT2D eigenvalue weighted by atomic mass is 9.93. The second-order valence-electron chi connectivity index (χ2n) is 5.45. The zero-order valence-corrected chi connectivity index (χ0v) is 11.8. The molecule has 1 aromatic heterocycles. The number of benzene rings is 1. The fourth-order valence-electron chi connectivity index (χ4n) is 1.68. The molecule has 106 valence electrons. The Bertz CT molecular complexity index is 575. The van der Waals surface area contributed by atoms with E-state index in [9.17, 15) is 4.79 Å². The Morgan fingerprint density at radius 2 is 2.05 bits per heavy atom. The van der Waals surface area contributed by atoms with Gasteiger partial charge in [-0.2, -0.15) is 5.10 Å². The number of nitrogens with one attached hydrogen (secondary N) is 1. The maximum Gasteiger partial charge on any atom is 0.231 e. The Balaban J connectivity index is 2.01. The Hall–Kier alpha value is -2.14. The highest BCUT2D eigenvalue weighted by atomic mass is 16.2. The summed E-state index contributed by atoms with van der Waals surface area (Å²) in [5.41, 5.74) is 6.85. The van der Waals surface area contributed by atoms with E-state index in [1.165, 1.54) is 0 Å². The van der Waals surface area contributed by atoms with Gasteiger partial charge in [-0.25, -0.2) is 0 Å². The van der Waals surface area contributed by atoms with Crippen LogP contribution in [0.15, 0.2) is 42.7 Å². The monoisotopic (exact) mass is 272 g/mol. The molecule has 1 aromatic carbocycles. The molecule has 0 spiro atoms. The minimum atomic E-state index is -0.582. The number of nitrogens with two attached hydrogens (primary N) is 1. The average Bonchev–Trinajstić information content (AvgIpc) is 2.87. The van der Waals surface area contributed by atoms with Crippen LogP contribution in [0.3, 0.4) is 0 Å². The number of aromatic nitrogens is 2. The molecule has 1 heterocycles. The number of nitrogens with zero attached hydrogens (tertiary/aromatic N) is 2. The highest BCUT2D eigenvalue weighted by Crippen LogP contribution is 2.16. The van der Waals surface area contributed by atoms with E-state index in [4.69, 9.17) is 5.73 Å². The minimum absolute atomic E-state index is 0.0979. The van der Waals surface area contributed by atoms with Crippen molar-refractivity contribution >= 4 is 11.6 Å². The Labute approximate surface area is 118 Å². The molecule has 0 fully saturated rings. The van der Waals surface area contributed by atoms with Gasteiger partial charge in [0.25, 0.3) is 0 Å². The Morgan fingerprint density at radius 3 is 2.70 bits per heavy atom. The van der Waals surface area contributed by atoms with Crippen molar-refractivity contribution in [1.82, 2.24) is 9.78 Å². The average molecular weight is 272 g/mol. The molecule has 3 N–H and O–H groups in total. The summed E-state index contributed by atoms with van der Waals surface area (Å²) in [5, 5.41) is 7.08. The molecule has 0 aliphatic carbocycles. The third-order valence-electron chi connectivity index (χ3n) is 3.20. The van der Waals surface area contributed by atoms with Gasteiger partial charge in [-0.15, -0.1) is 0 Å². The maximum absolute atomic E-state index is 12.0. The first-order valence-corrected chi connectivity index (χ1v) is 6.59.